The molecule has 8 bridgehead atoms. The van der Waals surface area contributed by atoms with Crippen LogP contribution < -0.4 is 10.6 Å². The summed E-state index contributed by atoms with van der Waals surface area (Å²) in [4.78, 5) is 26.0. The summed E-state index contributed by atoms with van der Waals surface area (Å²) in [7, 11) is 0. The Kier molecular flexibility index (Phi) is 4.12. The molecule has 9 rings (SSSR count). The highest BCUT2D eigenvalue weighted by molar-refractivity contribution is 5.95. The summed E-state index contributed by atoms with van der Waals surface area (Å²) in [5.74, 6) is 4.42. The van der Waals surface area contributed by atoms with Gasteiger partial charge in [0.1, 0.15) is 0 Å². The lowest BCUT2D eigenvalue weighted by Crippen LogP contribution is -2.60. The van der Waals surface area contributed by atoms with Crippen LogP contribution in [0.25, 0.3) is 0 Å². The first-order valence-electron chi connectivity index (χ1n) is 12.9. The van der Waals surface area contributed by atoms with E-state index in [9.17, 15) is 9.59 Å². The van der Waals surface area contributed by atoms with Crippen molar-refractivity contribution in [2.75, 3.05) is 0 Å². The molecule has 1 aromatic rings. The van der Waals surface area contributed by atoms with Crippen molar-refractivity contribution < 1.29 is 9.59 Å². The van der Waals surface area contributed by atoms with Gasteiger partial charge >= 0.3 is 0 Å². The Bertz CT molecular complexity index is 808. The lowest BCUT2D eigenvalue weighted by Gasteiger charge is -2.56. The molecule has 0 radical (unpaired) electrons. The zero-order chi connectivity index (χ0) is 21.5. The lowest BCUT2D eigenvalue weighted by molar-refractivity contribution is -0.0173. The van der Waals surface area contributed by atoms with Crippen LogP contribution >= 0.6 is 0 Å². The van der Waals surface area contributed by atoms with Crippen molar-refractivity contribution in [1.82, 2.24) is 20.8 Å². The highest BCUT2D eigenvalue weighted by atomic mass is 16.2. The van der Waals surface area contributed by atoms with E-state index in [1.807, 2.05) is 0 Å². The molecule has 6 heteroatoms. The maximum Gasteiger partial charge on any atom is 0.272 e. The van der Waals surface area contributed by atoms with Crippen LogP contribution in [0.5, 0.6) is 0 Å². The second kappa shape index (κ2) is 6.77. The average Bonchev–Trinajstić information content (AvgIpc) is 2.71. The first kappa shape index (κ1) is 19.5. The van der Waals surface area contributed by atoms with Crippen molar-refractivity contribution >= 4 is 11.8 Å². The largest absolute Gasteiger partial charge is 0.345 e. The molecule has 0 saturated heterocycles. The minimum Gasteiger partial charge on any atom is -0.345 e. The first-order chi connectivity index (χ1) is 15.4. The van der Waals surface area contributed by atoms with Crippen LogP contribution in [-0.4, -0.2) is 33.1 Å². The molecular formula is C26H34N4O2. The molecule has 1 heterocycles. The maximum atomic E-state index is 13.0. The van der Waals surface area contributed by atoms with Crippen molar-refractivity contribution in [2.24, 2.45) is 35.5 Å². The standard InChI is InChI=1S/C26H34N4O2/c31-23(27-25-9-15-3-16(10-25)5-17(4-15)11-25)21-1-2-22(30-29-21)24(32)28-26-12-18-6-19(13-26)8-20(7-18)14-26/h1-2,15-20H,3-14H2,(H,27,31)(H,28,32). The summed E-state index contributed by atoms with van der Waals surface area (Å²) in [5, 5.41) is 15.0. The summed E-state index contributed by atoms with van der Waals surface area (Å²) in [5.41, 5.74) is 0.573. The van der Waals surface area contributed by atoms with Crippen LogP contribution in [0, 0.1) is 35.5 Å². The molecule has 0 atom stereocenters. The molecule has 170 valence electrons. The van der Waals surface area contributed by atoms with Gasteiger partial charge in [-0.2, -0.15) is 0 Å². The van der Waals surface area contributed by atoms with E-state index < -0.39 is 0 Å². The fourth-order valence-corrected chi connectivity index (χ4v) is 9.71. The van der Waals surface area contributed by atoms with E-state index in [1.165, 1.54) is 38.5 Å². The molecule has 8 aliphatic rings. The van der Waals surface area contributed by atoms with Crippen LogP contribution in [0.3, 0.4) is 0 Å². The van der Waals surface area contributed by atoms with E-state index in [1.54, 1.807) is 12.1 Å². The highest BCUT2D eigenvalue weighted by Gasteiger charge is 2.53. The highest BCUT2D eigenvalue weighted by Crippen LogP contribution is 2.56. The summed E-state index contributed by atoms with van der Waals surface area (Å²) >= 11 is 0. The van der Waals surface area contributed by atoms with Crippen molar-refractivity contribution in [3.63, 3.8) is 0 Å². The molecule has 8 aliphatic carbocycles. The van der Waals surface area contributed by atoms with Gasteiger partial charge in [-0.25, -0.2) is 0 Å². The third-order valence-corrected chi connectivity index (χ3v) is 9.96. The van der Waals surface area contributed by atoms with Crippen molar-refractivity contribution in [1.29, 1.82) is 0 Å². The quantitative estimate of drug-likeness (QED) is 0.753. The summed E-state index contributed by atoms with van der Waals surface area (Å²) < 4.78 is 0. The van der Waals surface area contributed by atoms with Crippen LogP contribution in [0.4, 0.5) is 0 Å². The molecule has 32 heavy (non-hydrogen) atoms. The van der Waals surface area contributed by atoms with Gasteiger partial charge in [-0.1, -0.05) is 0 Å². The van der Waals surface area contributed by atoms with Crippen molar-refractivity contribution in [3.8, 4) is 0 Å². The SMILES string of the molecule is O=C(NC12CC3CC(CC(C3)C1)C2)c1ccc(C(=O)NC23CC4CC(CC(C4)C2)C3)nn1. The Morgan fingerprint density at radius 2 is 0.875 bits per heavy atom. The summed E-state index contributed by atoms with van der Waals surface area (Å²) in [6.45, 7) is 0. The molecule has 2 amide bonds. The van der Waals surface area contributed by atoms with E-state index >= 15 is 0 Å². The number of carbonyl (C=O) groups excluding carboxylic acids is 2. The second-order valence-electron chi connectivity index (χ2n) is 12.6. The first-order valence-corrected chi connectivity index (χ1v) is 12.9. The van der Waals surface area contributed by atoms with Crippen molar-refractivity contribution in [3.05, 3.63) is 23.5 Å². The molecule has 0 spiro atoms. The van der Waals surface area contributed by atoms with E-state index in [0.717, 1.165) is 74.0 Å². The van der Waals surface area contributed by atoms with Gasteiger partial charge in [0.05, 0.1) is 0 Å². The Hall–Kier alpha value is -1.98. The van der Waals surface area contributed by atoms with E-state index in [2.05, 4.69) is 20.8 Å². The zero-order valence-electron chi connectivity index (χ0n) is 18.8. The number of hydrogen-bond donors (Lipinski definition) is 2. The molecule has 2 N–H and O–H groups in total. The minimum atomic E-state index is -0.132. The fraction of sp³-hybridized carbons (Fsp3) is 0.769. The molecule has 0 aromatic carbocycles. The van der Waals surface area contributed by atoms with Gasteiger partial charge in [-0.3, -0.25) is 9.59 Å². The number of carbonyl (C=O) groups is 2. The molecule has 8 fully saturated rings. The molecule has 1 aromatic heterocycles. The van der Waals surface area contributed by atoms with Gasteiger partial charge in [-0.05, 0) is 125 Å². The molecule has 0 aliphatic heterocycles. The van der Waals surface area contributed by atoms with E-state index in [0.29, 0.717) is 11.4 Å². The average molecular weight is 435 g/mol. The maximum absolute atomic E-state index is 13.0. The number of hydrogen-bond acceptors (Lipinski definition) is 4. The van der Waals surface area contributed by atoms with E-state index in [4.69, 9.17) is 0 Å². The monoisotopic (exact) mass is 434 g/mol. The summed E-state index contributed by atoms with van der Waals surface area (Å²) in [6, 6.07) is 3.36. The lowest BCUT2D eigenvalue weighted by atomic mass is 9.53. The number of rotatable bonds is 4. The fourth-order valence-electron chi connectivity index (χ4n) is 9.71. The number of nitrogens with one attached hydrogen (secondary N) is 2. The predicted molar refractivity (Wildman–Crippen MR) is 119 cm³/mol. The van der Waals surface area contributed by atoms with Crippen LogP contribution in [0.1, 0.15) is 98.0 Å². The molecule has 8 saturated carbocycles. The third kappa shape index (κ3) is 3.19. The third-order valence-electron chi connectivity index (χ3n) is 9.96. The topological polar surface area (TPSA) is 84.0 Å². The molecular weight excluding hydrogens is 400 g/mol. The Morgan fingerprint density at radius 3 is 1.12 bits per heavy atom. The zero-order valence-corrected chi connectivity index (χ0v) is 18.8. The number of aromatic nitrogens is 2. The van der Waals surface area contributed by atoms with Gasteiger partial charge in [0.25, 0.3) is 11.8 Å². The predicted octanol–water partition coefficient (Wildman–Crippen LogP) is 3.87. The van der Waals surface area contributed by atoms with Crippen LogP contribution in [0.15, 0.2) is 12.1 Å². The van der Waals surface area contributed by atoms with Gasteiger partial charge in [0.15, 0.2) is 11.4 Å². The van der Waals surface area contributed by atoms with Crippen LogP contribution in [-0.2, 0) is 0 Å². The van der Waals surface area contributed by atoms with E-state index in [-0.39, 0.29) is 22.9 Å². The van der Waals surface area contributed by atoms with Crippen LogP contribution in [0.2, 0.25) is 0 Å². The Morgan fingerprint density at radius 1 is 0.594 bits per heavy atom. The Labute approximate surface area is 189 Å². The molecule has 0 unspecified atom stereocenters. The number of nitrogens with zero attached hydrogens (tertiary/aromatic N) is 2. The van der Waals surface area contributed by atoms with Gasteiger partial charge in [0.2, 0.25) is 0 Å². The van der Waals surface area contributed by atoms with Crippen molar-refractivity contribution in [2.45, 2.75) is 88.1 Å². The number of amides is 2. The second-order valence-corrected chi connectivity index (χ2v) is 12.6. The van der Waals surface area contributed by atoms with Gasteiger partial charge in [-0.15, -0.1) is 10.2 Å². The van der Waals surface area contributed by atoms with Gasteiger partial charge in [0, 0.05) is 11.1 Å². The smallest absolute Gasteiger partial charge is 0.272 e. The minimum absolute atomic E-state index is 0.0396. The molecule has 6 nitrogen and oxygen atoms in total. The van der Waals surface area contributed by atoms with Gasteiger partial charge < -0.3 is 10.6 Å². The normalized spacial score (nSPS) is 45.1. The summed E-state index contributed by atoms with van der Waals surface area (Å²) in [6.07, 6.45) is 14.8. The Balaban J connectivity index is 1.03.